The Morgan fingerprint density at radius 3 is 3.05 bits per heavy atom. The number of nitrogens with one attached hydrogen (secondary N) is 1. The van der Waals surface area contributed by atoms with Crippen LogP contribution in [0.25, 0.3) is 0 Å². The molecule has 1 aromatic rings. The molecule has 1 aliphatic heterocycles. The van der Waals surface area contributed by atoms with E-state index in [1.165, 1.54) is 16.7 Å². The minimum atomic E-state index is -0.960. The molecule has 0 bridgehead atoms. The van der Waals surface area contributed by atoms with Crippen molar-refractivity contribution in [3.05, 3.63) is 24.2 Å². The molecule has 2 heterocycles. The van der Waals surface area contributed by atoms with Gasteiger partial charge in [-0.2, -0.15) is 0 Å². The van der Waals surface area contributed by atoms with E-state index in [9.17, 15) is 9.59 Å². The van der Waals surface area contributed by atoms with Crippen molar-refractivity contribution in [2.75, 3.05) is 12.3 Å². The number of rotatable bonds is 4. The van der Waals surface area contributed by atoms with Crippen LogP contribution in [0, 0.1) is 0 Å². The first-order chi connectivity index (χ1) is 9.09. The SMILES string of the molecule is CC1SCC(C(=O)O)N1C(=O)NCCc1ccco1. The van der Waals surface area contributed by atoms with Gasteiger partial charge in [-0.05, 0) is 19.1 Å². The van der Waals surface area contributed by atoms with E-state index in [1.54, 1.807) is 12.3 Å². The zero-order valence-corrected chi connectivity index (χ0v) is 11.4. The number of carbonyl (C=O) groups is 2. The summed E-state index contributed by atoms with van der Waals surface area (Å²) in [6.07, 6.45) is 2.17. The molecule has 0 radical (unpaired) electrons. The fourth-order valence-corrected chi connectivity index (χ4v) is 3.15. The minimum Gasteiger partial charge on any atom is -0.480 e. The highest BCUT2D eigenvalue weighted by molar-refractivity contribution is 8.00. The number of carbonyl (C=O) groups excluding carboxylic acids is 1. The quantitative estimate of drug-likeness (QED) is 0.872. The van der Waals surface area contributed by atoms with Crippen molar-refractivity contribution in [2.24, 2.45) is 0 Å². The Morgan fingerprint density at radius 1 is 1.63 bits per heavy atom. The second kappa shape index (κ2) is 6.01. The molecule has 7 heteroatoms. The summed E-state index contributed by atoms with van der Waals surface area (Å²) in [5.74, 6) is 0.263. The van der Waals surface area contributed by atoms with Crippen LogP contribution >= 0.6 is 11.8 Å². The molecule has 2 atom stereocenters. The van der Waals surface area contributed by atoms with Crippen molar-refractivity contribution in [2.45, 2.75) is 24.8 Å². The molecular formula is C12H16N2O4S. The van der Waals surface area contributed by atoms with Crippen LogP contribution in [0.2, 0.25) is 0 Å². The lowest BCUT2D eigenvalue weighted by molar-refractivity contribution is -0.141. The Bertz CT molecular complexity index is 449. The zero-order valence-electron chi connectivity index (χ0n) is 10.5. The second-order valence-corrected chi connectivity index (χ2v) is 5.60. The number of hydrogen-bond donors (Lipinski definition) is 2. The van der Waals surface area contributed by atoms with Gasteiger partial charge in [0.25, 0.3) is 0 Å². The van der Waals surface area contributed by atoms with Crippen LogP contribution in [0.5, 0.6) is 0 Å². The number of thioether (sulfide) groups is 1. The predicted molar refractivity (Wildman–Crippen MR) is 71.0 cm³/mol. The normalized spacial score (nSPS) is 22.5. The van der Waals surface area contributed by atoms with Gasteiger partial charge in [0.1, 0.15) is 11.8 Å². The third kappa shape index (κ3) is 3.23. The number of aliphatic carboxylic acids is 1. The van der Waals surface area contributed by atoms with E-state index in [0.717, 1.165) is 5.76 Å². The van der Waals surface area contributed by atoms with Crippen LogP contribution in [0.4, 0.5) is 4.79 Å². The van der Waals surface area contributed by atoms with E-state index in [0.29, 0.717) is 18.7 Å². The fourth-order valence-electron chi connectivity index (χ4n) is 1.98. The van der Waals surface area contributed by atoms with Crippen molar-refractivity contribution in [1.82, 2.24) is 10.2 Å². The molecule has 6 nitrogen and oxygen atoms in total. The largest absolute Gasteiger partial charge is 0.480 e. The first-order valence-corrected chi connectivity index (χ1v) is 7.07. The van der Waals surface area contributed by atoms with Crippen LogP contribution in [0.1, 0.15) is 12.7 Å². The fraction of sp³-hybridized carbons (Fsp3) is 0.500. The van der Waals surface area contributed by atoms with Gasteiger partial charge in [0.05, 0.1) is 11.6 Å². The summed E-state index contributed by atoms with van der Waals surface area (Å²) in [5.41, 5.74) is 0. The molecule has 1 aromatic heterocycles. The van der Waals surface area contributed by atoms with Crippen LogP contribution in [-0.2, 0) is 11.2 Å². The maximum atomic E-state index is 12.0. The summed E-state index contributed by atoms with van der Waals surface area (Å²) >= 11 is 1.47. The number of amides is 2. The lowest BCUT2D eigenvalue weighted by Gasteiger charge is -2.25. The van der Waals surface area contributed by atoms with E-state index in [1.807, 2.05) is 13.0 Å². The molecule has 0 aromatic carbocycles. The summed E-state index contributed by atoms with van der Waals surface area (Å²) in [5, 5.41) is 11.7. The van der Waals surface area contributed by atoms with Gasteiger partial charge in [0.15, 0.2) is 0 Å². The lowest BCUT2D eigenvalue weighted by atomic mass is 10.3. The van der Waals surface area contributed by atoms with Gasteiger partial charge >= 0.3 is 12.0 Å². The Hall–Kier alpha value is -1.63. The van der Waals surface area contributed by atoms with Crippen molar-refractivity contribution < 1.29 is 19.1 Å². The highest BCUT2D eigenvalue weighted by Crippen LogP contribution is 2.28. The monoisotopic (exact) mass is 284 g/mol. The average Bonchev–Trinajstić information content (AvgIpc) is 2.98. The van der Waals surface area contributed by atoms with Gasteiger partial charge in [-0.15, -0.1) is 11.8 Å². The average molecular weight is 284 g/mol. The molecule has 1 aliphatic rings. The van der Waals surface area contributed by atoms with Crippen LogP contribution < -0.4 is 5.32 Å². The number of hydrogen-bond acceptors (Lipinski definition) is 4. The summed E-state index contributed by atoms with van der Waals surface area (Å²) in [6.45, 7) is 2.26. The van der Waals surface area contributed by atoms with Crippen LogP contribution in [-0.4, -0.2) is 45.7 Å². The lowest BCUT2D eigenvalue weighted by Crippen LogP contribution is -2.49. The molecule has 2 N–H and O–H groups in total. The van der Waals surface area contributed by atoms with E-state index in [2.05, 4.69) is 5.32 Å². The number of furan rings is 1. The number of carboxylic acid groups (broad SMARTS) is 1. The Balaban J connectivity index is 1.86. The Kier molecular flexibility index (Phi) is 4.36. The first kappa shape index (κ1) is 13.8. The maximum Gasteiger partial charge on any atom is 0.327 e. The molecule has 104 valence electrons. The van der Waals surface area contributed by atoms with Crippen LogP contribution in [0.15, 0.2) is 22.8 Å². The second-order valence-electron chi connectivity index (χ2n) is 4.26. The van der Waals surface area contributed by atoms with Gasteiger partial charge in [-0.3, -0.25) is 4.90 Å². The smallest absolute Gasteiger partial charge is 0.327 e. The molecule has 1 saturated heterocycles. The maximum absolute atomic E-state index is 12.0. The van der Waals surface area contributed by atoms with Crippen molar-refractivity contribution >= 4 is 23.8 Å². The molecule has 2 amide bonds. The highest BCUT2D eigenvalue weighted by atomic mass is 32.2. The molecule has 2 rings (SSSR count). The third-order valence-electron chi connectivity index (χ3n) is 2.97. The van der Waals surface area contributed by atoms with Crippen molar-refractivity contribution in [3.8, 4) is 0 Å². The Morgan fingerprint density at radius 2 is 2.42 bits per heavy atom. The van der Waals surface area contributed by atoms with E-state index >= 15 is 0 Å². The minimum absolute atomic E-state index is 0.121. The predicted octanol–water partition coefficient (Wildman–Crippen LogP) is 1.38. The van der Waals surface area contributed by atoms with Gasteiger partial charge < -0.3 is 14.8 Å². The summed E-state index contributed by atoms with van der Waals surface area (Å²) in [6, 6.07) is 2.54. The number of urea groups is 1. The molecule has 19 heavy (non-hydrogen) atoms. The van der Waals surface area contributed by atoms with Crippen molar-refractivity contribution in [1.29, 1.82) is 0 Å². The zero-order chi connectivity index (χ0) is 13.8. The van der Waals surface area contributed by atoms with Gasteiger partial charge in [0, 0.05) is 18.7 Å². The molecule has 0 spiro atoms. The molecule has 0 aliphatic carbocycles. The summed E-state index contributed by atoms with van der Waals surface area (Å²) < 4.78 is 5.16. The molecule has 0 saturated carbocycles. The number of nitrogens with zero attached hydrogens (tertiary/aromatic N) is 1. The third-order valence-corrected chi connectivity index (χ3v) is 4.19. The molecular weight excluding hydrogens is 268 g/mol. The van der Waals surface area contributed by atoms with E-state index < -0.39 is 12.0 Å². The first-order valence-electron chi connectivity index (χ1n) is 6.02. The summed E-state index contributed by atoms with van der Waals surface area (Å²) in [7, 11) is 0. The molecule has 1 fully saturated rings. The highest BCUT2D eigenvalue weighted by Gasteiger charge is 2.39. The van der Waals surface area contributed by atoms with Gasteiger partial charge in [-0.1, -0.05) is 0 Å². The van der Waals surface area contributed by atoms with E-state index in [-0.39, 0.29) is 11.4 Å². The standard InChI is InChI=1S/C12H16N2O4S/c1-8-14(10(7-19-8)11(15)16)12(17)13-5-4-9-3-2-6-18-9/h2-3,6,8,10H,4-5,7H2,1H3,(H,13,17)(H,15,16). The topological polar surface area (TPSA) is 82.8 Å². The van der Waals surface area contributed by atoms with Crippen LogP contribution in [0.3, 0.4) is 0 Å². The van der Waals surface area contributed by atoms with Crippen molar-refractivity contribution in [3.63, 3.8) is 0 Å². The van der Waals surface area contributed by atoms with Gasteiger partial charge in [-0.25, -0.2) is 9.59 Å². The number of carboxylic acids is 1. The summed E-state index contributed by atoms with van der Waals surface area (Å²) in [4.78, 5) is 24.5. The van der Waals surface area contributed by atoms with Gasteiger partial charge in [0.2, 0.25) is 0 Å². The Labute approximate surface area is 115 Å². The van der Waals surface area contributed by atoms with E-state index in [4.69, 9.17) is 9.52 Å². The molecule has 2 unspecified atom stereocenters.